The fraction of sp³-hybridized carbons (Fsp3) is 0.0476. The van der Waals surface area contributed by atoms with E-state index in [1.807, 2.05) is 36.4 Å². The largest absolute Gasteiger partial charge is 0.508 e. The van der Waals surface area contributed by atoms with Gasteiger partial charge >= 0.3 is 0 Å². The smallest absolute Gasteiger partial charge is 0.259 e. The molecule has 0 spiro atoms. The topological polar surface area (TPSA) is 86.6 Å². The third-order valence-electron chi connectivity index (χ3n) is 3.98. The van der Waals surface area contributed by atoms with Crippen LogP contribution in [0, 0.1) is 0 Å². The zero-order valence-corrected chi connectivity index (χ0v) is 14.1. The van der Waals surface area contributed by atoms with Crippen LogP contribution in [0.5, 0.6) is 11.5 Å². The number of aromatic hydroxyl groups is 2. The fourth-order valence-electron chi connectivity index (χ4n) is 2.67. The van der Waals surface area contributed by atoms with Crippen LogP contribution in [0.3, 0.4) is 0 Å². The van der Waals surface area contributed by atoms with Gasteiger partial charge in [0.25, 0.3) is 5.91 Å². The number of amides is 1. The number of nitrogens with one attached hydrogen (secondary N) is 1. The SMILES string of the molecule is CC(=O)c1ccc(-c2ccccc2)cc1NC(=O)c1ccc(O)cc1O. The van der Waals surface area contributed by atoms with E-state index < -0.39 is 5.91 Å². The van der Waals surface area contributed by atoms with Gasteiger partial charge in [-0.3, -0.25) is 9.59 Å². The summed E-state index contributed by atoms with van der Waals surface area (Å²) in [5, 5.41) is 21.9. The molecule has 0 unspecified atom stereocenters. The molecule has 0 bridgehead atoms. The second-order valence-corrected chi connectivity index (χ2v) is 5.84. The summed E-state index contributed by atoms with van der Waals surface area (Å²) in [6, 6.07) is 18.5. The van der Waals surface area contributed by atoms with Crippen molar-refractivity contribution in [2.24, 2.45) is 0 Å². The summed E-state index contributed by atoms with van der Waals surface area (Å²) in [5.41, 5.74) is 2.53. The lowest BCUT2D eigenvalue weighted by atomic mass is 10.0. The van der Waals surface area contributed by atoms with E-state index in [1.54, 1.807) is 12.1 Å². The Morgan fingerprint density at radius 1 is 0.808 bits per heavy atom. The number of phenols is 2. The average Bonchev–Trinajstić information content (AvgIpc) is 2.62. The lowest BCUT2D eigenvalue weighted by Crippen LogP contribution is -2.14. The number of hydrogen-bond acceptors (Lipinski definition) is 4. The number of benzene rings is 3. The molecule has 5 heteroatoms. The standard InChI is InChI=1S/C21H17NO4/c1-13(23)17-9-7-15(14-5-3-2-4-6-14)11-19(17)22-21(26)18-10-8-16(24)12-20(18)25/h2-12,24-25H,1H3,(H,22,26). The van der Waals surface area contributed by atoms with Gasteiger partial charge in [0.15, 0.2) is 5.78 Å². The van der Waals surface area contributed by atoms with Crippen LogP contribution >= 0.6 is 0 Å². The van der Waals surface area contributed by atoms with Crippen molar-refractivity contribution < 1.29 is 19.8 Å². The predicted octanol–water partition coefficient (Wildman–Crippen LogP) is 4.22. The second-order valence-electron chi connectivity index (χ2n) is 5.84. The highest BCUT2D eigenvalue weighted by atomic mass is 16.3. The molecule has 0 saturated heterocycles. The average molecular weight is 347 g/mol. The Morgan fingerprint density at radius 3 is 2.15 bits per heavy atom. The molecule has 3 aromatic carbocycles. The molecule has 0 atom stereocenters. The number of hydrogen-bond donors (Lipinski definition) is 3. The number of anilines is 1. The van der Waals surface area contributed by atoms with E-state index in [1.165, 1.54) is 19.1 Å². The monoisotopic (exact) mass is 347 g/mol. The Bertz CT molecular complexity index is 981. The Labute approximate surface area is 150 Å². The normalized spacial score (nSPS) is 10.3. The third kappa shape index (κ3) is 3.57. The summed E-state index contributed by atoms with van der Waals surface area (Å²) in [5.74, 6) is -1.24. The van der Waals surface area contributed by atoms with Gasteiger partial charge in [-0.2, -0.15) is 0 Å². The molecule has 0 aliphatic carbocycles. The molecule has 130 valence electrons. The first-order valence-corrected chi connectivity index (χ1v) is 7.99. The first-order chi connectivity index (χ1) is 12.5. The van der Waals surface area contributed by atoms with Crippen molar-refractivity contribution in [3.05, 3.63) is 77.9 Å². The number of carbonyl (C=O) groups excluding carboxylic acids is 2. The minimum absolute atomic E-state index is 0.00224. The van der Waals surface area contributed by atoms with E-state index in [0.717, 1.165) is 17.2 Å². The number of carbonyl (C=O) groups is 2. The number of phenolic OH excluding ortho intramolecular Hbond substituents is 2. The van der Waals surface area contributed by atoms with E-state index in [4.69, 9.17) is 0 Å². The van der Waals surface area contributed by atoms with Gasteiger partial charge in [-0.05, 0) is 42.3 Å². The molecule has 5 nitrogen and oxygen atoms in total. The summed E-state index contributed by atoms with van der Waals surface area (Å²) >= 11 is 0. The van der Waals surface area contributed by atoms with Gasteiger partial charge in [-0.1, -0.05) is 36.4 Å². The molecule has 3 aromatic rings. The summed E-state index contributed by atoms with van der Waals surface area (Å²) < 4.78 is 0. The molecule has 0 radical (unpaired) electrons. The quantitative estimate of drug-likeness (QED) is 0.617. The predicted molar refractivity (Wildman–Crippen MR) is 99.6 cm³/mol. The van der Waals surface area contributed by atoms with E-state index in [0.29, 0.717) is 11.3 Å². The molecule has 0 fully saturated rings. The van der Waals surface area contributed by atoms with Gasteiger partial charge in [0.1, 0.15) is 11.5 Å². The van der Waals surface area contributed by atoms with Crippen molar-refractivity contribution in [1.29, 1.82) is 0 Å². The molecule has 0 aliphatic rings. The molecule has 1 amide bonds. The fourth-order valence-corrected chi connectivity index (χ4v) is 2.67. The number of ketones is 1. The van der Waals surface area contributed by atoms with Crippen LogP contribution in [0.2, 0.25) is 0 Å². The van der Waals surface area contributed by atoms with Crippen LogP contribution in [0.1, 0.15) is 27.6 Å². The van der Waals surface area contributed by atoms with Gasteiger partial charge in [-0.15, -0.1) is 0 Å². The van der Waals surface area contributed by atoms with Crippen LogP contribution < -0.4 is 5.32 Å². The van der Waals surface area contributed by atoms with Crippen molar-refractivity contribution in [3.8, 4) is 22.6 Å². The van der Waals surface area contributed by atoms with E-state index in [2.05, 4.69) is 5.32 Å². The molecule has 3 rings (SSSR count). The Balaban J connectivity index is 1.99. The lowest BCUT2D eigenvalue weighted by molar-refractivity contribution is 0.101. The van der Waals surface area contributed by atoms with Gasteiger partial charge in [0, 0.05) is 11.6 Å². The maximum absolute atomic E-state index is 12.5. The molecule has 0 aromatic heterocycles. The Hall–Kier alpha value is -3.60. The van der Waals surface area contributed by atoms with Crippen molar-refractivity contribution in [2.75, 3.05) is 5.32 Å². The number of rotatable bonds is 4. The molecular formula is C21H17NO4. The molecular weight excluding hydrogens is 330 g/mol. The van der Waals surface area contributed by atoms with E-state index >= 15 is 0 Å². The van der Waals surface area contributed by atoms with Gasteiger partial charge < -0.3 is 15.5 Å². The van der Waals surface area contributed by atoms with Crippen LogP contribution in [0.25, 0.3) is 11.1 Å². The van der Waals surface area contributed by atoms with Gasteiger partial charge in [-0.25, -0.2) is 0 Å². The summed E-state index contributed by atoms with van der Waals surface area (Å²) in [4.78, 5) is 24.4. The van der Waals surface area contributed by atoms with Crippen LogP contribution in [0.4, 0.5) is 5.69 Å². The highest BCUT2D eigenvalue weighted by Crippen LogP contribution is 2.28. The van der Waals surface area contributed by atoms with Crippen molar-refractivity contribution in [1.82, 2.24) is 0 Å². The zero-order chi connectivity index (χ0) is 18.7. The van der Waals surface area contributed by atoms with Crippen molar-refractivity contribution in [3.63, 3.8) is 0 Å². The van der Waals surface area contributed by atoms with Crippen LogP contribution in [-0.2, 0) is 0 Å². The Morgan fingerprint density at radius 2 is 1.50 bits per heavy atom. The van der Waals surface area contributed by atoms with Crippen LogP contribution in [0.15, 0.2) is 66.7 Å². The minimum atomic E-state index is -0.574. The minimum Gasteiger partial charge on any atom is -0.508 e. The molecule has 0 heterocycles. The molecule has 0 saturated carbocycles. The summed E-state index contributed by atoms with van der Waals surface area (Å²) in [6.45, 7) is 1.42. The zero-order valence-electron chi connectivity index (χ0n) is 14.1. The van der Waals surface area contributed by atoms with E-state index in [9.17, 15) is 19.8 Å². The summed E-state index contributed by atoms with van der Waals surface area (Å²) in [7, 11) is 0. The van der Waals surface area contributed by atoms with Crippen molar-refractivity contribution in [2.45, 2.75) is 6.92 Å². The van der Waals surface area contributed by atoms with Crippen LogP contribution in [-0.4, -0.2) is 21.9 Å². The summed E-state index contributed by atoms with van der Waals surface area (Å²) in [6.07, 6.45) is 0. The first kappa shape index (κ1) is 17.2. The highest BCUT2D eigenvalue weighted by Gasteiger charge is 2.16. The van der Waals surface area contributed by atoms with Gasteiger partial charge in [0.2, 0.25) is 0 Å². The molecule has 0 aliphatic heterocycles. The Kier molecular flexibility index (Phi) is 4.71. The number of Topliss-reactive ketones (excluding diaryl/α,β-unsaturated/α-hetero) is 1. The lowest BCUT2D eigenvalue weighted by Gasteiger charge is -2.12. The first-order valence-electron chi connectivity index (χ1n) is 7.99. The molecule has 26 heavy (non-hydrogen) atoms. The maximum atomic E-state index is 12.5. The van der Waals surface area contributed by atoms with Gasteiger partial charge in [0.05, 0.1) is 11.3 Å². The highest BCUT2D eigenvalue weighted by molar-refractivity contribution is 6.10. The molecule has 3 N–H and O–H groups in total. The third-order valence-corrected chi connectivity index (χ3v) is 3.98. The maximum Gasteiger partial charge on any atom is 0.259 e. The van der Waals surface area contributed by atoms with Crippen molar-refractivity contribution >= 4 is 17.4 Å². The second kappa shape index (κ2) is 7.11. The van der Waals surface area contributed by atoms with E-state index in [-0.39, 0.29) is 22.8 Å².